The standard InChI is InChI=1S/C6H10FNO/c7-5-4-3-9-2-1-8-6(4)5/h4-6,8H,1-3H2/t4-,5-,6-/m0/s1. The SMILES string of the molecule is F[C@H]1[C@@H]2COCCN[C@H]12. The summed E-state index contributed by atoms with van der Waals surface area (Å²) in [6.07, 6.45) is -0.634. The van der Waals surface area contributed by atoms with Crippen molar-refractivity contribution in [2.75, 3.05) is 19.8 Å². The number of rotatable bonds is 0. The van der Waals surface area contributed by atoms with Crippen LogP contribution < -0.4 is 5.32 Å². The highest BCUT2D eigenvalue weighted by Gasteiger charge is 2.51. The molecule has 0 aromatic rings. The number of alkyl halides is 1. The van der Waals surface area contributed by atoms with Gasteiger partial charge in [-0.25, -0.2) is 4.39 Å². The summed E-state index contributed by atoms with van der Waals surface area (Å²) in [5.41, 5.74) is 0. The van der Waals surface area contributed by atoms with Gasteiger partial charge in [0.05, 0.1) is 13.2 Å². The molecular formula is C6H10FNO. The van der Waals surface area contributed by atoms with E-state index in [1.807, 2.05) is 0 Å². The Morgan fingerprint density at radius 1 is 1.56 bits per heavy atom. The molecule has 1 saturated carbocycles. The van der Waals surface area contributed by atoms with Gasteiger partial charge in [-0.3, -0.25) is 0 Å². The Hall–Kier alpha value is -0.150. The molecule has 0 aromatic heterocycles. The fraction of sp³-hybridized carbons (Fsp3) is 1.00. The lowest BCUT2D eigenvalue weighted by molar-refractivity contribution is 0.129. The Balaban J connectivity index is 1.93. The molecule has 1 saturated heterocycles. The molecule has 3 atom stereocenters. The molecule has 2 nitrogen and oxygen atoms in total. The zero-order valence-electron chi connectivity index (χ0n) is 5.14. The van der Waals surface area contributed by atoms with Crippen molar-refractivity contribution >= 4 is 0 Å². The van der Waals surface area contributed by atoms with Crippen LogP contribution in [0.15, 0.2) is 0 Å². The van der Waals surface area contributed by atoms with E-state index < -0.39 is 6.17 Å². The van der Waals surface area contributed by atoms with Crippen LogP contribution in [-0.2, 0) is 4.74 Å². The lowest BCUT2D eigenvalue weighted by Crippen LogP contribution is -2.21. The zero-order valence-corrected chi connectivity index (χ0v) is 5.14. The van der Waals surface area contributed by atoms with Crippen molar-refractivity contribution in [1.82, 2.24) is 5.32 Å². The van der Waals surface area contributed by atoms with Crippen molar-refractivity contribution in [2.24, 2.45) is 5.92 Å². The zero-order chi connectivity index (χ0) is 6.27. The topological polar surface area (TPSA) is 21.3 Å². The number of halogens is 1. The maximum Gasteiger partial charge on any atom is 0.122 e. The van der Waals surface area contributed by atoms with Crippen LogP contribution in [-0.4, -0.2) is 32.0 Å². The van der Waals surface area contributed by atoms with Crippen molar-refractivity contribution in [2.45, 2.75) is 12.2 Å². The summed E-state index contributed by atoms with van der Waals surface area (Å²) in [7, 11) is 0. The van der Waals surface area contributed by atoms with Gasteiger partial charge in [0, 0.05) is 18.5 Å². The predicted octanol–water partition coefficient (Wildman–Crippen LogP) is -0.0573. The second kappa shape index (κ2) is 1.92. The minimum Gasteiger partial charge on any atom is -0.380 e. The lowest BCUT2D eigenvalue weighted by atomic mass is 10.4. The molecule has 2 aliphatic rings. The largest absolute Gasteiger partial charge is 0.380 e. The van der Waals surface area contributed by atoms with Gasteiger partial charge in [-0.05, 0) is 0 Å². The van der Waals surface area contributed by atoms with E-state index in [1.54, 1.807) is 0 Å². The second-order valence-electron chi connectivity index (χ2n) is 2.66. The molecule has 1 heterocycles. The van der Waals surface area contributed by atoms with Crippen molar-refractivity contribution in [3.05, 3.63) is 0 Å². The fourth-order valence-corrected chi connectivity index (χ4v) is 1.31. The molecule has 0 unspecified atom stereocenters. The van der Waals surface area contributed by atoms with E-state index in [9.17, 15) is 4.39 Å². The third-order valence-electron chi connectivity index (χ3n) is 2.01. The summed E-state index contributed by atoms with van der Waals surface area (Å²) < 4.78 is 17.6. The van der Waals surface area contributed by atoms with Crippen LogP contribution in [0.3, 0.4) is 0 Å². The van der Waals surface area contributed by atoms with Crippen molar-refractivity contribution in [3.63, 3.8) is 0 Å². The highest BCUT2D eigenvalue weighted by Crippen LogP contribution is 2.35. The molecule has 0 bridgehead atoms. The molecule has 3 heteroatoms. The quantitative estimate of drug-likeness (QED) is 0.497. The van der Waals surface area contributed by atoms with E-state index in [0.717, 1.165) is 13.2 Å². The van der Waals surface area contributed by atoms with Gasteiger partial charge in [0.25, 0.3) is 0 Å². The van der Waals surface area contributed by atoms with Crippen LogP contribution in [0.1, 0.15) is 0 Å². The molecule has 0 aromatic carbocycles. The maximum absolute atomic E-state index is 12.5. The lowest BCUT2D eigenvalue weighted by Gasteiger charge is -1.98. The van der Waals surface area contributed by atoms with Gasteiger partial charge in [0.15, 0.2) is 0 Å². The average Bonchev–Trinajstić information content (AvgIpc) is 2.51. The highest BCUT2D eigenvalue weighted by atomic mass is 19.1. The van der Waals surface area contributed by atoms with Crippen LogP contribution in [0, 0.1) is 5.92 Å². The van der Waals surface area contributed by atoms with Gasteiger partial charge < -0.3 is 10.1 Å². The molecule has 0 amide bonds. The van der Waals surface area contributed by atoms with Crippen molar-refractivity contribution < 1.29 is 9.13 Å². The molecule has 1 aliphatic heterocycles. The Morgan fingerprint density at radius 3 is 3.33 bits per heavy atom. The van der Waals surface area contributed by atoms with E-state index in [1.165, 1.54) is 0 Å². The first-order valence-electron chi connectivity index (χ1n) is 3.35. The van der Waals surface area contributed by atoms with E-state index in [-0.39, 0.29) is 12.0 Å². The van der Waals surface area contributed by atoms with Gasteiger partial charge in [-0.15, -0.1) is 0 Å². The molecule has 2 fully saturated rings. The maximum atomic E-state index is 12.5. The van der Waals surface area contributed by atoms with E-state index >= 15 is 0 Å². The summed E-state index contributed by atoms with van der Waals surface area (Å²) in [6, 6.07) is 0.118. The number of fused-ring (bicyclic) bond motifs is 1. The summed E-state index contributed by atoms with van der Waals surface area (Å²) in [5.74, 6) is 0.160. The summed E-state index contributed by atoms with van der Waals surface area (Å²) in [6.45, 7) is 2.15. The predicted molar refractivity (Wildman–Crippen MR) is 31.0 cm³/mol. The minimum absolute atomic E-state index is 0.118. The van der Waals surface area contributed by atoms with Gasteiger partial charge in [-0.2, -0.15) is 0 Å². The number of nitrogens with one attached hydrogen (secondary N) is 1. The van der Waals surface area contributed by atoms with Crippen molar-refractivity contribution in [1.29, 1.82) is 0 Å². The molecule has 0 spiro atoms. The van der Waals surface area contributed by atoms with Crippen LogP contribution in [0.5, 0.6) is 0 Å². The number of ether oxygens (including phenoxy) is 1. The van der Waals surface area contributed by atoms with Gasteiger partial charge >= 0.3 is 0 Å². The number of hydrogen-bond donors (Lipinski definition) is 1. The first-order valence-corrected chi connectivity index (χ1v) is 3.35. The Kier molecular flexibility index (Phi) is 1.20. The van der Waals surface area contributed by atoms with Crippen LogP contribution in [0.2, 0.25) is 0 Å². The van der Waals surface area contributed by atoms with E-state index in [2.05, 4.69) is 5.32 Å². The molecule has 9 heavy (non-hydrogen) atoms. The van der Waals surface area contributed by atoms with E-state index in [0.29, 0.717) is 6.61 Å². The first-order chi connectivity index (χ1) is 4.39. The van der Waals surface area contributed by atoms with Gasteiger partial charge in [-0.1, -0.05) is 0 Å². The Labute approximate surface area is 53.4 Å². The average molecular weight is 131 g/mol. The Morgan fingerprint density at radius 2 is 2.44 bits per heavy atom. The van der Waals surface area contributed by atoms with Gasteiger partial charge in [0.2, 0.25) is 0 Å². The third-order valence-corrected chi connectivity index (χ3v) is 2.01. The van der Waals surface area contributed by atoms with Crippen LogP contribution >= 0.6 is 0 Å². The molecule has 2 rings (SSSR count). The first kappa shape index (κ1) is 5.62. The smallest absolute Gasteiger partial charge is 0.122 e. The molecular weight excluding hydrogens is 121 g/mol. The molecule has 0 radical (unpaired) electrons. The van der Waals surface area contributed by atoms with Crippen LogP contribution in [0.4, 0.5) is 4.39 Å². The summed E-state index contributed by atoms with van der Waals surface area (Å²) in [5, 5.41) is 3.07. The number of hydrogen-bond acceptors (Lipinski definition) is 2. The monoisotopic (exact) mass is 131 g/mol. The normalized spacial score (nSPS) is 49.7. The highest BCUT2D eigenvalue weighted by molar-refractivity contribution is 5.04. The molecule has 1 aliphatic carbocycles. The van der Waals surface area contributed by atoms with E-state index in [4.69, 9.17) is 4.74 Å². The molecule has 52 valence electrons. The molecule has 1 N–H and O–H groups in total. The van der Waals surface area contributed by atoms with Crippen LogP contribution in [0.25, 0.3) is 0 Å². The summed E-state index contributed by atoms with van der Waals surface area (Å²) >= 11 is 0. The van der Waals surface area contributed by atoms with Crippen molar-refractivity contribution in [3.8, 4) is 0 Å². The Bertz CT molecular complexity index is 108. The summed E-state index contributed by atoms with van der Waals surface area (Å²) in [4.78, 5) is 0. The van der Waals surface area contributed by atoms with Gasteiger partial charge in [0.1, 0.15) is 6.17 Å². The second-order valence-corrected chi connectivity index (χ2v) is 2.66. The third kappa shape index (κ3) is 0.843. The fourth-order valence-electron chi connectivity index (χ4n) is 1.31. The minimum atomic E-state index is -0.634.